The molecular formula is C29H35F2N7O2. The highest BCUT2D eigenvalue weighted by Crippen LogP contribution is 2.36. The largest absolute Gasteiger partial charge is 0.493 e. The Morgan fingerprint density at radius 3 is 2.35 bits per heavy atom. The van der Waals surface area contributed by atoms with Crippen LogP contribution in [0.5, 0.6) is 11.5 Å². The van der Waals surface area contributed by atoms with Crippen molar-refractivity contribution in [1.82, 2.24) is 29.5 Å². The van der Waals surface area contributed by atoms with Gasteiger partial charge in [0, 0.05) is 68.5 Å². The summed E-state index contributed by atoms with van der Waals surface area (Å²) in [6.45, 7) is 12.9. The zero-order chi connectivity index (χ0) is 28.2. The summed E-state index contributed by atoms with van der Waals surface area (Å²) in [6.07, 6.45) is 2.75. The molecule has 3 heterocycles. The Hall–Kier alpha value is -3.83. The van der Waals surface area contributed by atoms with Crippen molar-refractivity contribution < 1.29 is 18.3 Å². The number of hydrogen-bond acceptors (Lipinski definition) is 8. The Morgan fingerprint density at radius 1 is 0.900 bits per heavy atom. The molecule has 9 nitrogen and oxygen atoms in total. The number of nitrogens with zero attached hydrogens (tertiary/aromatic N) is 6. The third kappa shape index (κ3) is 6.00. The van der Waals surface area contributed by atoms with E-state index in [9.17, 15) is 8.78 Å². The second kappa shape index (κ2) is 12.1. The second-order valence-corrected chi connectivity index (χ2v) is 9.75. The van der Waals surface area contributed by atoms with E-state index in [0.717, 1.165) is 56.8 Å². The molecule has 5 rings (SSSR count). The molecule has 1 N–H and O–H groups in total. The molecule has 0 atom stereocenters. The number of halogens is 2. The maximum atomic E-state index is 14.9. The van der Waals surface area contributed by atoms with Crippen LogP contribution in [0, 0.1) is 11.6 Å². The van der Waals surface area contributed by atoms with Crippen LogP contribution in [0.15, 0.2) is 36.7 Å². The number of ether oxygens (including phenoxy) is 2. The first-order chi connectivity index (χ1) is 19.4. The monoisotopic (exact) mass is 551 g/mol. The van der Waals surface area contributed by atoms with E-state index in [1.54, 1.807) is 19.3 Å². The average molecular weight is 552 g/mol. The van der Waals surface area contributed by atoms with E-state index in [1.807, 2.05) is 26.0 Å². The summed E-state index contributed by atoms with van der Waals surface area (Å²) in [5, 5.41) is 7.84. The van der Waals surface area contributed by atoms with E-state index in [2.05, 4.69) is 37.1 Å². The first-order valence-electron chi connectivity index (χ1n) is 13.7. The van der Waals surface area contributed by atoms with Gasteiger partial charge in [0.15, 0.2) is 11.6 Å². The molecule has 1 aliphatic heterocycles. The lowest BCUT2D eigenvalue weighted by molar-refractivity contribution is 0.130. The standard InChI is InChI=1S/C29H35F2N7O2/c1-5-37-8-10-38(11-9-37)18-20-14-26(40-7-3)24(15-25(20)39-6-2)33-29-32-16-23(31)27(34-29)19-12-21-17-36(4)35-28(21)22(30)13-19/h12-17H,5-11,18H2,1-4H3,(H,32,33,34). The summed E-state index contributed by atoms with van der Waals surface area (Å²) in [7, 11) is 1.70. The van der Waals surface area contributed by atoms with E-state index in [4.69, 9.17) is 9.47 Å². The van der Waals surface area contributed by atoms with Crippen molar-refractivity contribution in [3.8, 4) is 22.8 Å². The number of likely N-dealkylation sites (N-methyl/N-ethyl adjacent to an activating group) is 1. The molecule has 1 saturated heterocycles. The van der Waals surface area contributed by atoms with Gasteiger partial charge in [-0.25, -0.2) is 18.7 Å². The summed E-state index contributed by atoms with van der Waals surface area (Å²) in [4.78, 5) is 13.4. The molecular weight excluding hydrogens is 516 g/mol. The minimum Gasteiger partial charge on any atom is -0.493 e. The number of aromatic nitrogens is 4. The van der Waals surface area contributed by atoms with E-state index in [1.165, 1.54) is 10.7 Å². The van der Waals surface area contributed by atoms with Crippen LogP contribution in [0.4, 0.5) is 20.4 Å². The highest BCUT2D eigenvalue weighted by Gasteiger charge is 2.20. The maximum absolute atomic E-state index is 14.9. The van der Waals surface area contributed by atoms with Gasteiger partial charge in [0.1, 0.15) is 22.7 Å². The number of fused-ring (bicyclic) bond motifs is 1. The summed E-state index contributed by atoms with van der Waals surface area (Å²) >= 11 is 0. The Balaban J connectivity index is 1.45. The predicted octanol–water partition coefficient (Wildman–Crippen LogP) is 4.99. The van der Waals surface area contributed by atoms with Crippen LogP contribution < -0.4 is 14.8 Å². The molecule has 212 valence electrons. The van der Waals surface area contributed by atoms with Crippen molar-refractivity contribution in [3.05, 3.63) is 53.9 Å². The minimum atomic E-state index is -0.660. The van der Waals surface area contributed by atoms with Crippen molar-refractivity contribution in [1.29, 1.82) is 0 Å². The van der Waals surface area contributed by atoms with E-state index < -0.39 is 11.6 Å². The van der Waals surface area contributed by atoms with Gasteiger partial charge >= 0.3 is 0 Å². The van der Waals surface area contributed by atoms with Gasteiger partial charge in [0.25, 0.3) is 0 Å². The Kier molecular flexibility index (Phi) is 8.41. The van der Waals surface area contributed by atoms with Crippen LogP contribution in [0.2, 0.25) is 0 Å². The molecule has 0 saturated carbocycles. The van der Waals surface area contributed by atoms with E-state index in [0.29, 0.717) is 35.6 Å². The van der Waals surface area contributed by atoms with Gasteiger partial charge in [0.2, 0.25) is 5.95 Å². The van der Waals surface area contributed by atoms with Crippen LogP contribution in [-0.2, 0) is 13.6 Å². The van der Waals surface area contributed by atoms with Gasteiger partial charge in [0.05, 0.1) is 25.1 Å². The van der Waals surface area contributed by atoms with Crippen molar-refractivity contribution in [2.75, 3.05) is 51.3 Å². The SMILES string of the molecule is CCOc1cc(Nc2ncc(F)c(-c3cc(F)c4nn(C)cc4c3)n2)c(OCC)cc1CN1CCN(CC)CC1. The van der Waals surface area contributed by atoms with Crippen LogP contribution in [0.1, 0.15) is 26.3 Å². The maximum Gasteiger partial charge on any atom is 0.228 e. The normalized spacial score (nSPS) is 14.6. The quantitative estimate of drug-likeness (QED) is 0.296. The Bertz CT molecular complexity index is 1490. The van der Waals surface area contributed by atoms with Crippen LogP contribution in [0.3, 0.4) is 0 Å². The van der Waals surface area contributed by atoms with Crippen LogP contribution >= 0.6 is 0 Å². The summed E-state index contributed by atoms with van der Waals surface area (Å²) in [5.74, 6) is 0.289. The molecule has 0 amide bonds. The highest BCUT2D eigenvalue weighted by atomic mass is 19.1. The van der Waals surface area contributed by atoms with E-state index >= 15 is 0 Å². The first kappa shape index (κ1) is 27.7. The third-order valence-electron chi connectivity index (χ3n) is 7.01. The Morgan fingerprint density at radius 2 is 1.62 bits per heavy atom. The average Bonchev–Trinajstić information content (AvgIpc) is 3.33. The summed E-state index contributed by atoms with van der Waals surface area (Å²) in [6, 6.07) is 6.76. The van der Waals surface area contributed by atoms with Gasteiger partial charge in [-0.15, -0.1) is 0 Å². The molecule has 0 unspecified atom stereocenters. The van der Waals surface area contributed by atoms with Crippen molar-refractivity contribution in [2.45, 2.75) is 27.3 Å². The van der Waals surface area contributed by atoms with Crippen molar-refractivity contribution in [2.24, 2.45) is 7.05 Å². The number of nitrogens with one attached hydrogen (secondary N) is 1. The number of rotatable bonds is 10. The van der Waals surface area contributed by atoms with Crippen LogP contribution in [0.25, 0.3) is 22.2 Å². The Labute approximate surface area is 232 Å². The van der Waals surface area contributed by atoms with Gasteiger partial charge in [-0.3, -0.25) is 9.58 Å². The molecule has 0 bridgehead atoms. The number of hydrogen-bond donors (Lipinski definition) is 1. The number of aryl methyl sites for hydroxylation is 1. The lowest BCUT2D eigenvalue weighted by Crippen LogP contribution is -2.45. The predicted molar refractivity (Wildman–Crippen MR) is 151 cm³/mol. The van der Waals surface area contributed by atoms with Gasteiger partial charge in [-0.1, -0.05) is 6.92 Å². The smallest absolute Gasteiger partial charge is 0.228 e. The molecule has 0 aliphatic carbocycles. The zero-order valence-corrected chi connectivity index (χ0v) is 23.4. The first-order valence-corrected chi connectivity index (χ1v) is 13.7. The molecule has 0 radical (unpaired) electrons. The molecule has 0 spiro atoms. The third-order valence-corrected chi connectivity index (χ3v) is 7.01. The molecule has 1 fully saturated rings. The van der Waals surface area contributed by atoms with Crippen molar-refractivity contribution in [3.63, 3.8) is 0 Å². The van der Waals surface area contributed by atoms with Gasteiger partial charge < -0.3 is 19.7 Å². The van der Waals surface area contributed by atoms with E-state index in [-0.39, 0.29) is 17.2 Å². The minimum absolute atomic E-state index is 0.0204. The topological polar surface area (TPSA) is 80.6 Å². The highest BCUT2D eigenvalue weighted by molar-refractivity contribution is 5.84. The molecule has 2 aromatic heterocycles. The number of piperazine rings is 1. The lowest BCUT2D eigenvalue weighted by atomic mass is 10.1. The second-order valence-electron chi connectivity index (χ2n) is 9.75. The summed E-state index contributed by atoms with van der Waals surface area (Å²) in [5.41, 5.74) is 2.11. The fourth-order valence-corrected chi connectivity index (χ4v) is 4.99. The lowest BCUT2D eigenvalue weighted by Gasteiger charge is -2.34. The number of benzene rings is 2. The van der Waals surface area contributed by atoms with Crippen molar-refractivity contribution >= 4 is 22.5 Å². The fraction of sp³-hybridized carbons (Fsp3) is 0.414. The van der Waals surface area contributed by atoms with Gasteiger partial charge in [-0.2, -0.15) is 5.10 Å². The molecule has 40 heavy (non-hydrogen) atoms. The van der Waals surface area contributed by atoms with Crippen LogP contribution in [-0.4, -0.2) is 75.5 Å². The van der Waals surface area contributed by atoms with Gasteiger partial charge in [-0.05, 0) is 38.6 Å². The number of anilines is 2. The zero-order valence-electron chi connectivity index (χ0n) is 23.4. The fourth-order valence-electron chi connectivity index (χ4n) is 4.99. The molecule has 4 aromatic rings. The molecule has 1 aliphatic rings. The molecule has 11 heteroatoms. The molecule has 2 aromatic carbocycles. The summed E-state index contributed by atoms with van der Waals surface area (Å²) < 4.78 is 43.1.